The maximum Gasteiger partial charge on any atom is 0.264 e. The summed E-state index contributed by atoms with van der Waals surface area (Å²) < 4.78 is 11.0. The molecule has 0 radical (unpaired) electrons. The summed E-state index contributed by atoms with van der Waals surface area (Å²) in [7, 11) is 0. The van der Waals surface area contributed by atoms with Gasteiger partial charge in [0.1, 0.15) is 6.61 Å². The van der Waals surface area contributed by atoms with Gasteiger partial charge in [0, 0.05) is 6.54 Å². The first-order valence-corrected chi connectivity index (χ1v) is 9.48. The van der Waals surface area contributed by atoms with Crippen LogP contribution in [0.2, 0.25) is 0 Å². The molecule has 6 nitrogen and oxygen atoms in total. The second-order valence-corrected chi connectivity index (χ2v) is 7.11. The Hall–Kier alpha value is -2.51. The number of carbonyl (C=O) groups is 1. The summed E-state index contributed by atoms with van der Waals surface area (Å²) in [6.45, 7) is 1.47. The van der Waals surface area contributed by atoms with Gasteiger partial charge in [-0.05, 0) is 29.9 Å². The number of rotatable bonds is 6. The fourth-order valence-electron chi connectivity index (χ4n) is 3.11. The van der Waals surface area contributed by atoms with E-state index in [1.807, 2.05) is 52.7 Å². The average molecular weight is 369 g/mol. The quantitative estimate of drug-likeness (QED) is 0.661. The average Bonchev–Trinajstić information content (AvgIpc) is 3.42. The van der Waals surface area contributed by atoms with Crippen molar-refractivity contribution in [2.24, 2.45) is 0 Å². The van der Waals surface area contributed by atoms with E-state index in [-0.39, 0.29) is 18.6 Å². The van der Waals surface area contributed by atoms with Crippen LogP contribution in [0.4, 0.5) is 0 Å². The van der Waals surface area contributed by atoms with Crippen molar-refractivity contribution in [1.82, 2.24) is 15.0 Å². The van der Waals surface area contributed by atoms with E-state index in [4.69, 9.17) is 9.26 Å². The number of thiophene rings is 1. The number of aromatic nitrogens is 2. The lowest BCUT2D eigenvalue weighted by Gasteiger charge is -2.21. The summed E-state index contributed by atoms with van der Waals surface area (Å²) in [4.78, 5) is 19.7. The molecule has 7 heteroatoms. The Morgan fingerprint density at radius 1 is 1.23 bits per heavy atom. The van der Waals surface area contributed by atoms with E-state index in [0.29, 0.717) is 18.3 Å². The number of ether oxygens (including phenoxy) is 1. The highest BCUT2D eigenvalue weighted by molar-refractivity contribution is 7.12. The third-order valence-electron chi connectivity index (χ3n) is 4.36. The van der Waals surface area contributed by atoms with Crippen LogP contribution in [0.15, 0.2) is 52.4 Å². The van der Waals surface area contributed by atoms with E-state index < -0.39 is 0 Å². The van der Waals surface area contributed by atoms with Crippen molar-refractivity contribution >= 4 is 17.2 Å². The zero-order valence-electron chi connectivity index (χ0n) is 14.2. The molecular formula is C19H19N3O3S. The molecule has 0 N–H and O–H groups in total. The molecule has 1 unspecified atom stereocenters. The molecule has 3 heterocycles. The van der Waals surface area contributed by atoms with Crippen molar-refractivity contribution in [2.45, 2.75) is 32.1 Å². The molecule has 0 saturated carbocycles. The smallest absolute Gasteiger partial charge is 0.264 e. The molecule has 3 aromatic rings. The lowest BCUT2D eigenvalue weighted by atomic mass is 10.2. The topological polar surface area (TPSA) is 68.5 Å². The Kier molecular flexibility index (Phi) is 5.08. The maximum atomic E-state index is 12.7. The van der Waals surface area contributed by atoms with Gasteiger partial charge < -0.3 is 14.2 Å². The van der Waals surface area contributed by atoms with E-state index in [1.54, 1.807) is 0 Å². The molecule has 1 fully saturated rings. The number of hydrogen-bond acceptors (Lipinski definition) is 6. The van der Waals surface area contributed by atoms with Gasteiger partial charge in [0.15, 0.2) is 5.82 Å². The Morgan fingerprint density at radius 2 is 2.12 bits per heavy atom. The zero-order chi connectivity index (χ0) is 17.8. The second kappa shape index (κ2) is 7.80. The minimum Gasteiger partial charge on any atom is -0.367 e. The van der Waals surface area contributed by atoms with Crippen LogP contribution in [0.5, 0.6) is 0 Å². The molecule has 0 bridgehead atoms. The van der Waals surface area contributed by atoms with Crippen molar-refractivity contribution in [3.8, 4) is 0 Å². The standard InChI is InChI=1S/C19H19N3O3S/c23-19(16-9-5-11-26-16)22-10-4-8-15(22)18-20-17(25-21-18)13-24-12-14-6-2-1-3-7-14/h1-3,5-7,9,11,15H,4,8,10,12-13H2. The highest BCUT2D eigenvalue weighted by Crippen LogP contribution is 2.32. The van der Waals surface area contributed by atoms with Crippen LogP contribution in [0.25, 0.3) is 0 Å². The number of carbonyl (C=O) groups excluding carboxylic acids is 1. The van der Waals surface area contributed by atoms with Crippen molar-refractivity contribution in [3.05, 3.63) is 70.0 Å². The summed E-state index contributed by atoms with van der Waals surface area (Å²) in [6.07, 6.45) is 1.79. The number of likely N-dealkylation sites (tertiary alicyclic amines) is 1. The summed E-state index contributed by atoms with van der Waals surface area (Å²) in [5.41, 5.74) is 1.09. The molecule has 0 spiro atoms. The highest BCUT2D eigenvalue weighted by atomic mass is 32.1. The van der Waals surface area contributed by atoms with Crippen molar-refractivity contribution < 1.29 is 14.1 Å². The second-order valence-electron chi connectivity index (χ2n) is 6.16. The third-order valence-corrected chi connectivity index (χ3v) is 5.22. The van der Waals surface area contributed by atoms with Gasteiger partial charge in [-0.2, -0.15) is 4.98 Å². The van der Waals surface area contributed by atoms with Crippen LogP contribution in [0, 0.1) is 0 Å². The van der Waals surface area contributed by atoms with Gasteiger partial charge in [-0.3, -0.25) is 4.79 Å². The maximum absolute atomic E-state index is 12.7. The predicted octanol–water partition coefficient (Wildman–Crippen LogP) is 3.83. The molecule has 4 rings (SSSR count). The fourth-order valence-corrected chi connectivity index (χ4v) is 3.79. The Bertz CT molecular complexity index is 848. The van der Waals surface area contributed by atoms with E-state index in [9.17, 15) is 4.79 Å². The molecule has 1 amide bonds. The number of nitrogens with zero attached hydrogens (tertiary/aromatic N) is 3. The summed E-state index contributed by atoms with van der Waals surface area (Å²) in [5, 5.41) is 5.99. The molecule has 1 atom stereocenters. The van der Waals surface area contributed by atoms with E-state index in [1.165, 1.54) is 11.3 Å². The van der Waals surface area contributed by atoms with Gasteiger partial charge in [-0.15, -0.1) is 11.3 Å². The largest absolute Gasteiger partial charge is 0.367 e. The normalized spacial score (nSPS) is 16.9. The molecule has 2 aromatic heterocycles. The molecule has 134 valence electrons. The lowest BCUT2D eigenvalue weighted by Crippen LogP contribution is -2.30. The van der Waals surface area contributed by atoms with Gasteiger partial charge in [0.2, 0.25) is 0 Å². The van der Waals surface area contributed by atoms with Gasteiger partial charge >= 0.3 is 0 Å². The SMILES string of the molecule is O=C(c1cccs1)N1CCCC1c1noc(COCc2ccccc2)n1. The molecule has 1 aromatic carbocycles. The number of hydrogen-bond donors (Lipinski definition) is 0. The van der Waals surface area contributed by atoms with Crippen LogP contribution >= 0.6 is 11.3 Å². The van der Waals surface area contributed by atoms with Crippen molar-refractivity contribution in [2.75, 3.05) is 6.54 Å². The Morgan fingerprint density at radius 3 is 2.92 bits per heavy atom. The molecule has 1 saturated heterocycles. The van der Waals surface area contributed by atoms with Gasteiger partial charge in [-0.25, -0.2) is 0 Å². The summed E-state index contributed by atoms with van der Waals surface area (Å²) in [5.74, 6) is 1.03. The Labute approximate surface area is 155 Å². The first-order chi connectivity index (χ1) is 12.8. The molecule has 1 aliphatic rings. The van der Waals surface area contributed by atoms with Crippen LogP contribution < -0.4 is 0 Å². The number of amides is 1. The van der Waals surface area contributed by atoms with Gasteiger partial charge in [0.25, 0.3) is 11.8 Å². The van der Waals surface area contributed by atoms with E-state index in [0.717, 1.165) is 29.8 Å². The molecule has 26 heavy (non-hydrogen) atoms. The van der Waals surface area contributed by atoms with E-state index in [2.05, 4.69) is 10.1 Å². The highest BCUT2D eigenvalue weighted by Gasteiger charge is 2.34. The molecular weight excluding hydrogens is 350 g/mol. The summed E-state index contributed by atoms with van der Waals surface area (Å²) >= 11 is 1.45. The first-order valence-electron chi connectivity index (χ1n) is 8.60. The fraction of sp³-hybridized carbons (Fsp3) is 0.316. The Balaban J connectivity index is 1.38. The lowest BCUT2D eigenvalue weighted by molar-refractivity contribution is 0.0733. The third kappa shape index (κ3) is 3.68. The number of benzene rings is 1. The van der Waals surface area contributed by atoms with Crippen LogP contribution in [0.3, 0.4) is 0 Å². The zero-order valence-corrected chi connectivity index (χ0v) is 15.0. The van der Waals surface area contributed by atoms with Crippen LogP contribution in [-0.2, 0) is 18.0 Å². The molecule has 0 aliphatic carbocycles. The predicted molar refractivity (Wildman–Crippen MR) is 96.6 cm³/mol. The van der Waals surface area contributed by atoms with Crippen molar-refractivity contribution in [1.29, 1.82) is 0 Å². The monoisotopic (exact) mass is 369 g/mol. The van der Waals surface area contributed by atoms with Crippen LogP contribution in [0.1, 0.15) is 45.8 Å². The van der Waals surface area contributed by atoms with E-state index >= 15 is 0 Å². The van der Waals surface area contributed by atoms with Crippen molar-refractivity contribution in [3.63, 3.8) is 0 Å². The van der Waals surface area contributed by atoms with Gasteiger partial charge in [-0.1, -0.05) is 41.6 Å². The van der Waals surface area contributed by atoms with Crippen LogP contribution in [-0.4, -0.2) is 27.5 Å². The minimum atomic E-state index is -0.128. The molecule has 1 aliphatic heterocycles. The summed E-state index contributed by atoms with van der Waals surface area (Å²) in [6, 6.07) is 13.5. The van der Waals surface area contributed by atoms with Gasteiger partial charge in [0.05, 0.1) is 17.5 Å². The first kappa shape index (κ1) is 16.9. The minimum absolute atomic E-state index is 0.0363.